The van der Waals surface area contributed by atoms with Crippen LogP contribution in [-0.2, 0) is 4.57 Å². The Labute approximate surface area is 63.0 Å². The molecule has 0 aliphatic heterocycles. The Morgan fingerprint density at radius 3 is 2.64 bits per heavy atom. The molecule has 4 N–H and O–H groups in total. The van der Waals surface area contributed by atoms with Gasteiger partial charge in [-0.05, 0) is 12.1 Å². The van der Waals surface area contributed by atoms with E-state index in [0.29, 0.717) is 0 Å². The minimum absolute atomic E-state index is 0.0957. The van der Waals surface area contributed by atoms with Crippen LogP contribution >= 0.6 is 7.60 Å². The third-order valence-electron chi connectivity index (χ3n) is 1.20. The molecule has 1 atom stereocenters. The van der Waals surface area contributed by atoms with Gasteiger partial charge in [-0.3, -0.25) is 4.57 Å². The summed E-state index contributed by atoms with van der Waals surface area (Å²) in [4.78, 5) is 17.2. The summed E-state index contributed by atoms with van der Waals surface area (Å²) in [5.74, 6) is -1.25. The molecule has 0 aromatic carbocycles. The lowest BCUT2D eigenvalue weighted by Gasteiger charge is -2.09. The zero-order chi connectivity index (χ0) is 8.48. The minimum Gasteiger partial charge on any atom is -0.467 e. The maximum atomic E-state index is 10.5. The lowest BCUT2D eigenvalue weighted by molar-refractivity contribution is 0.349. The van der Waals surface area contributed by atoms with E-state index in [1.165, 1.54) is 18.4 Å². The number of rotatable bonds is 2. The largest absolute Gasteiger partial charge is 0.467 e. The van der Waals surface area contributed by atoms with Crippen LogP contribution in [0.25, 0.3) is 0 Å². The van der Waals surface area contributed by atoms with Crippen LogP contribution in [0.1, 0.15) is 11.5 Å². The maximum absolute atomic E-state index is 10.5. The molecule has 62 valence electrons. The molecule has 1 rings (SSSR count). The highest BCUT2D eigenvalue weighted by atomic mass is 31.2. The van der Waals surface area contributed by atoms with Crippen molar-refractivity contribution in [1.29, 1.82) is 0 Å². The van der Waals surface area contributed by atoms with Gasteiger partial charge in [0, 0.05) is 0 Å². The van der Waals surface area contributed by atoms with Gasteiger partial charge >= 0.3 is 7.60 Å². The molecule has 0 aliphatic rings. The van der Waals surface area contributed by atoms with Crippen molar-refractivity contribution in [3.8, 4) is 0 Å². The molecule has 0 bridgehead atoms. The fraction of sp³-hybridized carbons (Fsp3) is 0.200. The zero-order valence-corrected chi connectivity index (χ0v) is 6.44. The van der Waals surface area contributed by atoms with E-state index >= 15 is 0 Å². The third-order valence-corrected chi connectivity index (χ3v) is 2.18. The first kappa shape index (κ1) is 8.49. The second-order valence-corrected chi connectivity index (χ2v) is 3.78. The highest BCUT2D eigenvalue weighted by molar-refractivity contribution is 7.52. The Morgan fingerprint density at radius 2 is 2.27 bits per heavy atom. The SMILES string of the molecule is NC(c1ccco1)P(=O)(O)O. The molecule has 0 radical (unpaired) electrons. The third kappa shape index (κ3) is 1.91. The second-order valence-electron chi connectivity index (χ2n) is 2.05. The Hall–Kier alpha value is -0.610. The molecule has 6 heteroatoms. The Morgan fingerprint density at radius 1 is 1.64 bits per heavy atom. The van der Waals surface area contributed by atoms with Crippen molar-refractivity contribution in [3.05, 3.63) is 24.2 Å². The van der Waals surface area contributed by atoms with Crippen LogP contribution in [-0.4, -0.2) is 9.79 Å². The van der Waals surface area contributed by atoms with Crippen LogP contribution in [0.4, 0.5) is 0 Å². The predicted molar refractivity (Wildman–Crippen MR) is 37.7 cm³/mol. The molecule has 11 heavy (non-hydrogen) atoms. The summed E-state index contributed by atoms with van der Waals surface area (Å²) in [5.41, 5.74) is 5.16. The van der Waals surface area contributed by atoms with Gasteiger partial charge in [0.1, 0.15) is 5.76 Å². The fourth-order valence-corrected chi connectivity index (χ4v) is 1.10. The average molecular weight is 177 g/mol. The van der Waals surface area contributed by atoms with Gasteiger partial charge in [0.25, 0.3) is 0 Å². The van der Waals surface area contributed by atoms with Crippen LogP contribution < -0.4 is 5.73 Å². The summed E-state index contributed by atoms with van der Waals surface area (Å²) in [6.45, 7) is 0. The Bertz CT molecular complexity index is 264. The average Bonchev–Trinajstić information content (AvgIpc) is 2.34. The van der Waals surface area contributed by atoms with E-state index in [4.69, 9.17) is 19.9 Å². The van der Waals surface area contributed by atoms with Gasteiger partial charge in [0.05, 0.1) is 6.26 Å². The van der Waals surface area contributed by atoms with E-state index in [-0.39, 0.29) is 5.76 Å². The number of furan rings is 1. The predicted octanol–water partition coefficient (Wildman–Crippen LogP) is 0.415. The number of hydrogen-bond donors (Lipinski definition) is 3. The van der Waals surface area contributed by atoms with Crippen molar-refractivity contribution < 1.29 is 18.8 Å². The van der Waals surface area contributed by atoms with Gasteiger partial charge in [-0.1, -0.05) is 0 Å². The molecule has 0 amide bonds. The minimum atomic E-state index is -4.26. The second kappa shape index (κ2) is 2.79. The molecule has 0 saturated heterocycles. The topological polar surface area (TPSA) is 96.7 Å². The highest BCUT2D eigenvalue weighted by Gasteiger charge is 2.28. The van der Waals surface area contributed by atoms with E-state index in [0.717, 1.165) is 0 Å². The highest BCUT2D eigenvalue weighted by Crippen LogP contribution is 2.47. The first-order chi connectivity index (χ1) is 5.02. The van der Waals surface area contributed by atoms with Crippen LogP contribution in [0.5, 0.6) is 0 Å². The van der Waals surface area contributed by atoms with Crippen molar-refractivity contribution in [2.75, 3.05) is 0 Å². The fourth-order valence-electron chi connectivity index (χ4n) is 0.625. The zero-order valence-electron chi connectivity index (χ0n) is 5.54. The van der Waals surface area contributed by atoms with Gasteiger partial charge in [-0.15, -0.1) is 0 Å². The van der Waals surface area contributed by atoms with Gasteiger partial charge in [-0.25, -0.2) is 0 Å². The molecular formula is C5H8NO4P. The van der Waals surface area contributed by atoms with Crippen LogP contribution in [0, 0.1) is 0 Å². The monoisotopic (exact) mass is 177 g/mol. The molecule has 1 unspecified atom stereocenters. The summed E-state index contributed by atoms with van der Waals surface area (Å²) < 4.78 is 15.2. The summed E-state index contributed by atoms with van der Waals surface area (Å²) in [5, 5.41) is 0. The van der Waals surface area contributed by atoms with Gasteiger partial charge in [-0.2, -0.15) is 0 Å². The standard InChI is InChI=1S/C5H8NO4P/c6-5(11(7,8)9)4-2-1-3-10-4/h1-3,5H,6H2,(H2,7,8,9). The molecule has 0 spiro atoms. The molecule has 1 aromatic rings. The van der Waals surface area contributed by atoms with E-state index in [9.17, 15) is 4.57 Å². The summed E-state index contributed by atoms with van der Waals surface area (Å²) >= 11 is 0. The lowest BCUT2D eigenvalue weighted by Crippen LogP contribution is -2.09. The smallest absolute Gasteiger partial charge is 0.349 e. The van der Waals surface area contributed by atoms with Gasteiger partial charge in [0.15, 0.2) is 5.78 Å². The van der Waals surface area contributed by atoms with Crippen molar-refractivity contribution in [2.24, 2.45) is 5.73 Å². The molecule has 5 nitrogen and oxygen atoms in total. The number of hydrogen-bond acceptors (Lipinski definition) is 3. The van der Waals surface area contributed by atoms with Crippen LogP contribution in [0.15, 0.2) is 22.8 Å². The quantitative estimate of drug-likeness (QED) is 0.568. The summed E-state index contributed by atoms with van der Waals surface area (Å²) in [7, 11) is -4.26. The first-order valence-corrected chi connectivity index (χ1v) is 4.54. The summed E-state index contributed by atoms with van der Waals surface area (Å²) in [6.07, 6.45) is 1.31. The van der Waals surface area contributed by atoms with Crippen molar-refractivity contribution in [2.45, 2.75) is 5.78 Å². The van der Waals surface area contributed by atoms with Crippen molar-refractivity contribution in [3.63, 3.8) is 0 Å². The number of nitrogens with two attached hydrogens (primary N) is 1. The maximum Gasteiger partial charge on any atom is 0.349 e. The molecule has 0 saturated carbocycles. The molecule has 1 aromatic heterocycles. The van der Waals surface area contributed by atoms with Crippen LogP contribution in [0.2, 0.25) is 0 Å². The van der Waals surface area contributed by atoms with Crippen molar-refractivity contribution in [1.82, 2.24) is 0 Å². The molecular weight excluding hydrogens is 169 g/mol. The van der Waals surface area contributed by atoms with E-state index < -0.39 is 13.4 Å². The summed E-state index contributed by atoms with van der Waals surface area (Å²) in [6, 6.07) is 2.94. The van der Waals surface area contributed by atoms with Gasteiger partial charge in [0.2, 0.25) is 0 Å². The first-order valence-electron chi connectivity index (χ1n) is 2.86. The van der Waals surface area contributed by atoms with E-state index in [2.05, 4.69) is 0 Å². The van der Waals surface area contributed by atoms with E-state index in [1.807, 2.05) is 0 Å². The molecule has 1 heterocycles. The molecule has 0 aliphatic carbocycles. The van der Waals surface area contributed by atoms with Gasteiger partial charge < -0.3 is 19.9 Å². The molecule has 0 fully saturated rings. The van der Waals surface area contributed by atoms with E-state index in [1.54, 1.807) is 0 Å². The lowest BCUT2D eigenvalue weighted by atomic mass is 10.5. The van der Waals surface area contributed by atoms with Crippen LogP contribution in [0.3, 0.4) is 0 Å². The van der Waals surface area contributed by atoms with Crippen molar-refractivity contribution >= 4 is 7.60 Å². The normalized spacial score (nSPS) is 14.8. The Balaban J connectivity index is 2.87. The Kier molecular flexibility index (Phi) is 2.15.